The van der Waals surface area contributed by atoms with E-state index in [1.807, 2.05) is 14.7 Å². The van der Waals surface area contributed by atoms with Crippen LogP contribution in [0.4, 0.5) is 9.59 Å². The first kappa shape index (κ1) is 26.1. The topological polar surface area (TPSA) is 111 Å². The molecule has 0 bridgehead atoms. The summed E-state index contributed by atoms with van der Waals surface area (Å²) in [5.74, 6) is -0.301. The lowest BCUT2D eigenvalue weighted by Gasteiger charge is -2.38. The maximum absolute atomic E-state index is 13.1. The van der Waals surface area contributed by atoms with Crippen LogP contribution in [0, 0.1) is 11.8 Å². The number of urea groups is 1. The lowest BCUT2D eigenvalue weighted by Crippen LogP contribution is -2.51. The minimum absolute atomic E-state index is 0.0810. The average Bonchev–Trinajstić information content (AvgIpc) is 3.35. The fourth-order valence-electron chi connectivity index (χ4n) is 4.88. The number of piperidine rings is 2. The summed E-state index contributed by atoms with van der Waals surface area (Å²) in [6, 6.07) is 0.110. The average molecular weight is 480 g/mol. The molecule has 3 aliphatic heterocycles. The molecule has 3 heterocycles. The van der Waals surface area contributed by atoms with Crippen LogP contribution >= 0.6 is 0 Å². The van der Waals surface area contributed by atoms with Gasteiger partial charge in [0, 0.05) is 58.3 Å². The number of hydrogen-bond donors (Lipinski definition) is 2. The third-order valence-electron chi connectivity index (χ3n) is 6.69. The molecule has 3 fully saturated rings. The molecule has 10 nitrogen and oxygen atoms in total. The first-order valence-electron chi connectivity index (χ1n) is 12.7. The fraction of sp³-hybridized carbons (Fsp3) is 0.833. The van der Waals surface area contributed by atoms with Gasteiger partial charge in [-0.25, -0.2) is 9.59 Å². The Hall–Kier alpha value is -2.52. The van der Waals surface area contributed by atoms with E-state index >= 15 is 0 Å². The molecular weight excluding hydrogens is 438 g/mol. The van der Waals surface area contributed by atoms with Gasteiger partial charge in [0.15, 0.2) is 0 Å². The Morgan fingerprint density at radius 2 is 1.35 bits per heavy atom. The predicted molar refractivity (Wildman–Crippen MR) is 127 cm³/mol. The Morgan fingerprint density at radius 3 is 2.00 bits per heavy atom. The van der Waals surface area contributed by atoms with Gasteiger partial charge in [0.25, 0.3) is 0 Å². The Labute approximate surface area is 202 Å². The molecule has 0 aromatic heterocycles. The minimum atomic E-state index is -0.564. The molecule has 0 aromatic carbocycles. The molecule has 0 spiro atoms. The minimum Gasteiger partial charge on any atom is -0.444 e. The number of alkyl carbamates (subject to hydrolysis) is 1. The maximum atomic E-state index is 13.1. The quantitative estimate of drug-likeness (QED) is 0.584. The number of amides is 5. The number of rotatable bonds is 5. The van der Waals surface area contributed by atoms with E-state index < -0.39 is 11.7 Å². The van der Waals surface area contributed by atoms with Crippen LogP contribution < -0.4 is 10.6 Å². The largest absolute Gasteiger partial charge is 0.444 e. The van der Waals surface area contributed by atoms with Crippen molar-refractivity contribution in [3.8, 4) is 0 Å². The normalized spacial score (nSPS) is 21.9. The van der Waals surface area contributed by atoms with Gasteiger partial charge >= 0.3 is 12.1 Å². The molecule has 0 saturated carbocycles. The van der Waals surface area contributed by atoms with E-state index in [4.69, 9.17) is 4.74 Å². The van der Waals surface area contributed by atoms with Crippen molar-refractivity contribution >= 4 is 23.9 Å². The summed E-state index contributed by atoms with van der Waals surface area (Å²) in [6.45, 7) is 10.00. The molecule has 5 amide bonds. The number of nitrogens with zero attached hydrogens (tertiary/aromatic N) is 3. The monoisotopic (exact) mass is 479 g/mol. The number of nitrogens with one attached hydrogen (secondary N) is 2. The Bertz CT molecular complexity index is 739. The highest BCUT2D eigenvalue weighted by atomic mass is 16.6. The van der Waals surface area contributed by atoms with E-state index in [9.17, 15) is 19.2 Å². The second kappa shape index (κ2) is 11.8. The number of carbonyl (C=O) groups is 4. The maximum Gasteiger partial charge on any atom is 0.407 e. The Kier molecular flexibility index (Phi) is 9.02. The van der Waals surface area contributed by atoms with Crippen molar-refractivity contribution in [1.82, 2.24) is 25.3 Å². The van der Waals surface area contributed by atoms with Crippen molar-refractivity contribution in [2.75, 3.05) is 52.4 Å². The fourth-order valence-corrected chi connectivity index (χ4v) is 4.88. The summed E-state index contributed by atoms with van der Waals surface area (Å²) in [7, 11) is 0. The zero-order valence-corrected chi connectivity index (χ0v) is 20.9. The first-order valence-corrected chi connectivity index (χ1v) is 12.7. The molecule has 192 valence electrons. The van der Waals surface area contributed by atoms with Gasteiger partial charge in [-0.05, 0) is 59.3 Å². The lowest BCUT2D eigenvalue weighted by atomic mass is 9.92. The van der Waals surface area contributed by atoms with Crippen LogP contribution in [0.15, 0.2) is 0 Å². The molecule has 1 unspecified atom stereocenters. The van der Waals surface area contributed by atoms with Gasteiger partial charge in [0.2, 0.25) is 11.8 Å². The molecular formula is C24H41N5O5. The summed E-state index contributed by atoms with van der Waals surface area (Å²) in [5, 5.41) is 5.48. The van der Waals surface area contributed by atoms with Crippen LogP contribution in [-0.4, -0.2) is 96.6 Å². The Balaban J connectivity index is 1.37. The van der Waals surface area contributed by atoms with Crippen molar-refractivity contribution < 1.29 is 23.9 Å². The van der Waals surface area contributed by atoms with E-state index in [0.717, 1.165) is 38.8 Å². The van der Waals surface area contributed by atoms with Crippen LogP contribution in [0.25, 0.3) is 0 Å². The molecule has 2 N–H and O–H groups in total. The highest BCUT2D eigenvalue weighted by Crippen LogP contribution is 2.25. The lowest BCUT2D eigenvalue weighted by molar-refractivity contribution is -0.140. The van der Waals surface area contributed by atoms with Crippen LogP contribution in [0.3, 0.4) is 0 Å². The SMILES string of the molecule is CC(C)(C)OC(=O)NCCNC(=O)C1CCCN(C(=O)C2CCN(C(=O)N3CCCC3)CC2)C1. The van der Waals surface area contributed by atoms with Crippen molar-refractivity contribution in [3.05, 3.63) is 0 Å². The first-order chi connectivity index (χ1) is 16.1. The smallest absolute Gasteiger partial charge is 0.407 e. The van der Waals surface area contributed by atoms with E-state index in [1.54, 1.807) is 20.8 Å². The highest BCUT2D eigenvalue weighted by molar-refractivity contribution is 5.83. The molecule has 0 radical (unpaired) electrons. The molecule has 0 aliphatic carbocycles. The van der Waals surface area contributed by atoms with Crippen LogP contribution in [0.1, 0.15) is 59.3 Å². The number of ether oxygens (including phenoxy) is 1. The van der Waals surface area contributed by atoms with Gasteiger partial charge < -0.3 is 30.1 Å². The van der Waals surface area contributed by atoms with Crippen molar-refractivity contribution in [2.24, 2.45) is 11.8 Å². The van der Waals surface area contributed by atoms with Gasteiger partial charge in [-0.2, -0.15) is 0 Å². The molecule has 1 atom stereocenters. The summed E-state index contributed by atoms with van der Waals surface area (Å²) in [6.07, 6.45) is 4.55. The van der Waals surface area contributed by atoms with Crippen LogP contribution in [-0.2, 0) is 14.3 Å². The van der Waals surface area contributed by atoms with Crippen LogP contribution in [0.2, 0.25) is 0 Å². The van der Waals surface area contributed by atoms with E-state index in [1.165, 1.54) is 0 Å². The Morgan fingerprint density at radius 1 is 0.765 bits per heavy atom. The standard InChI is InChI=1S/C24H41N5O5/c1-24(2,3)34-22(32)26-11-10-25-20(30)19-7-6-14-29(17-19)21(31)18-8-15-28(16-9-18)23(33)27-12-4-5-13-27/h18-19H,4-17H2,1-3H3,(H,25,30)(H,26,32). The molecule has 3 aliphatic rings. The van der Waals surface area contributed by atoms with E-state index in [0.29, 0.717) is 45.6 Å². The van der Waals surface area contributed by atoms with Crippen LogP contribution in [0.5, 0.6) is 0 Å². The van der Waals surface area contributed by atoms with E-state index in [-0.39, 0.29) is 36.2 Å². The van der Waals surface area contributed by atoms with Gasteiger partial charge in [-0.3, -0.25) is 9.59 Å². The van der Waals surface area contributed by atoms with Crippen molar-refractivity contribution in [3.63, 3.8) is 0 Å². The second-order valence-corrected chi connectivity index (χ2v) is 10.6. The molecule has 10 heteroatoms. The number of carbonyl (C=O) groups excluding carboxylic acids is 4. The van der Waals surface area contributed by atoms with Gasteiger partial charge in [-0.15, -0.1) is 0 Å². The highest BCUT2D eigenvalue weighted by Gasteiger charge is 2.35. The molecule has 3 rings (SSSR count). The summed E-state index contributed by atoms with van der Waals surface area (Å²) < 4.78 is 5.17. The predicted octanol–water partition coefficient (Wildman–Crippen LogP) is 1.79. The van der Waals surface area contributed by atoms with Gasteiger partial charge in [0.1, 0.15) is 5.60 Å². The molecule has 3 saturated heterocycles. The van der Waals surface area contributed by atoms with Gasteiger partial charge in [-0.1, -0.05) is 0 Å². The van der Waals surface area contributed by atoms with Gasteiger partial charge in [0.05, 0.1) is 5.92 Å². The van der Waals surface area contributed by atoms with Crippen molar-refractivity contribution in [2.45, 2.75) is 64.9 Å². The molecule has 0 aromatic rings. The summed E-state index contributed by atoms with van der Waals surface area (Å²) >= 11 is 0. The zero-order chi connectivity index (χ0) is 24.7. The third kappa shape index (κ3) is 7.50. The number of likely N-dealkylation sites (tertiary alicyclic amines) is 3. The zero-order valence-electron chi connectivity index (χ0n) is 20.9. The summed E-state index contributed by atoms with van der Waals surface area (Å²) in [5.41, 5.74) is -0.564. The number of hydrogen-bond acceptors (Lipinski definition) is 5. The van der Waals surface area contributed by atoms with E-state index in [2.05, 4.69) is 10.6 Å². The third-order valence-corrected chi connectivity index (χ3v) is 6.69. The molecule has 34 heavy (non-hydrogen) atoms. The summed E-state index contributed by atoms with van der Waals surface area (Å²) in [4.78, 5) is 55.6. The second-order valence-electron chi connectivity index (χ2n) is 10.6. The van der Waals surface area contributed by atoms with Crippen molar-refractivity contribution in [1.29, 1.82) is 0 Å².